The molecule has 0 aliphatic rings. The minimum Gasteiger partial charge on any atom is -0.466 e. The molecule has 0 saturated carbocycles. The summed E-state index contributed by atoms with van der Waals surface area (Å²) in [6.45, 7) is 12.9. The Bertz CT molecular complexity index is 532. The number of hydrogen-bond acceptors (Lipinski definition) is 6. The molecule has 0 spiro atoms. The third-order valence-electron chi connectivity index (χ3n) is 6.95. The summed E-state index contributed by atoms with van der Waals surface area (Å²) >= 11 is 0. The van der Waals surface area contributed by atoms with Crippen LogP contribution >= 0.6 is 0 Å². The minimum atomic E-state index is -0.626. The fraction of sp³-hybridized carbons (Fsp3) is 0.939. The summed E-state index contributed by atoms with van der Waals surface area (Å²) in [5.74, 6) is 0.764. The molecule has 0 bridgehead atoms. The molecule has 0 aliphatic heterocycles. The van der Waals surface area contributed by atoms with E-state index in [1.807, 2.05) is 13.8 Å². The molecular weight excluding hydrogens is 492 g/mol. The van der Waals surface area contributed by atoms with E-state index in [1.165, 1.54) is 77.0 Å². The average molecular weight is 559 g/mol. The largest absolute Gasteiger partial charge is 0.466 e. The highest BCUT2D eigenvalue weighted by molar-refractivity contribution is 5.70. The van der Waals surface area contributed by atoms with Gasteiger partial charge in [-0.25, -0.2) is 0 Å². The summed E-state index contributed by atoms with van der Waals surface area (Å²) in [5, 5.41) is 17.1. The van der Waals surface area contributed by atoms with Gasteiger partial charge in [0.1, 0.15) is 5.60 Å². The first kappa shape index (κ1) is 40.0. The summed E-state index contributed by atoms with van der Waals surface area (Å²) in [6.07, 6.45) is 20.1. The van der Waals surface area contributed by atoms with E-state index < -0.39 is 5.60 Å². The van der Waals surface area contributed by atoms with Crippen molar-refractivity contribution in [2.24, 2.45) is 11.8 Å². The number of aliphatic hydroxyl groups is 2. The summed E-state index contributed by atoms with van der Waals surface area (Å²) < 4.78 is 10.9. The molecule has 0 atom stereocenters. The van der Waals surface area contributed by atoms with Gasteiger partial charge in [0.15, 0.2) is 0 Å². The SMILES string of the molecule is CC(C)CO.CCCCCCCC(CCCCCCC)CCOC(=O)CCCCCC(=O)OC(C)(C)CCO. The molecule has 0 aromatic heterocycles. The van der Waals surface area contributed by atoms with Crippen molar-refractivity contribution in [1.29, 1.82) is 0 Å². The Morgan fingerprint density at radius 1 is 0.692 bits per heavy atom. The summed E-state index contributed by atoms with van der Waals surface area (Å²) in [5.41, 5.74) is -0.626. The molecule has 0 aliphatic carbocycles. The van der Waals surface area contributed by atoms with Crippen LogP contribution in [0.4, 0.5) is 0 Å². The molecule has 0 fully saturated rings. The normalized spacial score (nSPS) is 11.4. The quantitative estimate of drug-likeness (QED) is 0.0861. The Labute approximate surface area is 242 Å². The van der Waals surface area contributed by atoms with E-state index in [0.29, 0.717) is 50.7 Å². The third kappa shape index (κ3) is 31.2. The average Bonchev–Trinajstić information content (AvgIpc) is 2.87. The lowest BCUT2D eigenvalue weighted by molar-refractivity contribution is -0.157. The highest BCUT2D eigenvalue weighted by Gasteiger charge is 2.21. The van der Waals surface area contributed by atoms with Gasteiger partial charge in [-0.1, -0.05) is 111 Å². The molecule has 0 unspecified atom stereocenters. The highest BCUT2D eigenvalue weighted by Crippen LogP contribution is 2.22. The van der Waals surface area contributed by atoms with Crippen molar-refractivity contribution < 1.29 is 29.3 Å². The van der Waals surface area contributed by atoms with Crippen molar-refractivity contribution in [1.82, 2.24) is 0 Å². The van der Waals surface area contributed by atoms with Crippen LogP contribution in [0.2, 0.25) is 0 Å². The van der Waals surface area contributed by atoms with Crippen LogP contribution in [0.25, 0.3) is 0 Å². The lowest BCUT2D eigenvalue weighted by atomic mass is 9.92. The minimum absolute atomic E-state index is 0.00105. The first-order valence-electron chi connectivity index (χ1n) is 16.2. The molecular formula is C33H66O6. The van der Waals surface area contributed by atoms with Crippen LogP contribution in [0.5, 0.6) is 0 Å². The molecule has 6 nitrogen and oxygen atoms in total. The number of ether oxygens (including phenoxy) is 2. The van der Waals surface area contributed by atoms with Gasteiger partial charge in [0.05, 0.1) is 6.61 Å². The molecule has 0 aromatic rings. The Balaban J connectivity index is 0. The molecule has 0 heterocycles. The van der Waals surface area contributed by atoms with Crippen LogP contribution in [0.1, 0.15) is 164 Å². The van der Waals surface area contributed by atoms with Crippen molar-refractivity contribution >= 4 is 11.9 Å². The van der Waals surface area contributed by atoms with Gasteiger partial charge in [0.2, 0.25) is 0 Å². The van der Waals surface area contributed by atoms with Gasteiger partial charge in [0, 0.05) is 32.5 Å². The van der Waals surface area contributed by atoms with Crippen molar-refractivity contribution in [3.05, 3.63) is 0 Å². The molecule has 0 saturated heterocycles. The molecule has 234 valence electrons. The number of hydrogen-bond donors (Lipinski definition) is 2. The van der Waals surface area contributed by atoms with E-state index in [0.717, 1.165) is 19.3 Å². The van der Waals surface area contributed by atoms with Crippen molar-refractivity contribution in [2.45, 2.75) is 169 Å². The van der Waals surface area contributed by atoms with Gasteiger partial charge in [-0.05, 0) is 44.9 Å². The van der Waals surface area contributed by atoms with Crippen LogP contribution in [-0.4, -0.2) is 47.6 Å². The zero-order chi connectivity index (χ0) is 29.8. The predicted octanol–water partition coefficient (Wildman–Crippen LogP) is 8.55. The van der Waals surface area contributed by atoms with E-state index in [2.05, 4.69) is 13.8 Å². The Hall–Kier alpha value is -1.14. The molecule has 39 heavy (non-hydrogen) atoms. The number of aliphatic hydroxyl groups excluding tert-OH is 2. The van der Waals surface area contributed by atoms with Crippen LogP contribution in [-0.2, 0) is 19.1 Å². The highest BCUT2D eigenvalue weighted by atomic mass is 16.6. The third-order valence-corrected chi connectivity index (χ3v) is 6.95. The van der Waals surface area contributed by atoms with Crippen LogP contribution in [0.15, 0.2) is 0 Å². The number of unbranched alkanes of at least 4 members (excludes halogenated alkanes) is 10. The maximum Gasteiger partial charge on any atom is 0.306 e. The number of rotatable bonds is 25. The lowest BCUT2D eigenvalue weighted by Gasteiger charge is -2.24. The number of carbonyl (C=O) groups excluding carboxylic acids is 2. The smallest absolute Gasteiger partial charge is 0.306 e. The Kier molecular flexibility index (Phi) is 29.1. The molecule has 2 N–H and O–H groups in total. The molecule has 0 rings (SSSR count). The lowest BCUT2D eigenvalue weighted by Crippen LogP contribution is -2.29. The van der Waals surface area contributed by atoms with Crippen LogP contribution in [0, 0.1) is 11.8 Å². The summed E-state index contributed by atoms with van der Waals surface area (Å²) in [4.78, 5) is 24.0. The van der Waals surface area contributed by atoms with E-state index in [-0.39, 0.29) is 18.5 Å². The van der Waals surface area contributed by atoms with Gasteiger partial charge in [-0.3, -0.25) is 9.59 Å². The van der Waals surface area contributed by atoms with Crippen molar-refractivity contribution in [3.63, 3.8) is 0 Å². The zero-order valence-electron chi connectivity index (χ0n) is 26.7. The fourth-order valence-electron chi connectivity index (χ4n) is 4.31. The number of carbonyl (C=O) groups is 2. The molecule has 0 amide bonds. The van der Waals surface area contributed by atoms with Gasteiger partial charge >= 0.3 is 11.9 Å². The maximum absolute atomic E-state index is 12.1. The first-order valence-corrected chi connectivity index (χ1v) is 16.2. The Morgan fingerprint density at radius 2 is 1.15 bits per heavy atom. The summed E-state index contributed by atoms with van der Waals surface area (Å²) in [6, 6.07) is 0. The molecule has 0 aromatic carbocycles. The van der Waals surface area contributed by atoms with E-state index in [9.17, 15) is 9.59 Å². The van der Waals surface area contributed by atoms with Crippen LogP contribution in [0.3, 0.4) is 0 Å². The molecule has 0 radical (unpaired) electrons. The summed E-state index contributed by atoms with van der Waals surface area (Å²) in [7, 11) is 0. The second-order valence-electron chi connectivity index (χ2n) is 12.1. The second-order valence-corrected chi connectivity index (χ2v) is 12.1. The maximum atomic E-state index is 12.1. The van der Waals surface area contributed by atoms with Gasteiger partial charge in [0.25, 0.3) is 0 Å². The molecule has 6 heteroatoms. The van der Waals surface area contributed by atoms with E-state index >= 15 is 0 Å². The van der Waals surface area contributed by atoms with E-state index in [4.69, 9.17) is 19.7 Å². The van der Waals surface area contributed by atoms with Gasteiger partial charge < -0.3 is 19.7 Å². The second kappa shape index (κ2) is 28.4. The van der Waals surface area contributed by atoms with Crippen molar-refractivity contribution in [3.8, 4) is 0 Å². The number of esters is 2. The van der Waals surface area contributed by atoms with Gasteiger partial charge in [-0.15, -0.1) is 0 Å². The monoisotopic (exact) mass is 558 g/mol. The van der Waals surface area contributed by atoms with Crippen LogP contribution < -0.4 is 0 Å². The zero-order valence-corrected chi connectivity index (χ0v) is 26.7. The Morgan fingerprint density at radius 3 is 1.62 bits per heavy atom. The first-order chi connectivity index (χ1) is 18.6. The van der Waals surface area contributed by atoms with E-state index in [1.54, 1.807) is 13.8 Å². The van der Waals surface area contributed by atoms with Crippen molar-refractivity contribution in [2.75, 3.05) is 19.8 Å². The standard InChI is InChI=1S/C29H56O5.C4H10O/c1-5-7-9-11-14-18-26(19-15-12-10-8-6-2)22-25-33-27(31)20-16-13-17-21-28(32)34-29(3,4)23-24-30;1-4(2)3-5/h26,30H,5-25H2,1-4H3;4-5H,3H2,1-2H3. The predicted molar refractivity (Wildman–Crippen MR) is 163 cm³/mol. The topological polar surface area (TPSA) is 93.1 Å². The fourth-order valence-corrected chi connectivity index (χ4v) is 4.31. The van der Waals surface area contributed by atoms with Gasteiger partial charge in [-0.2, -0.15) is 0 Å².